The molecule has 0 amide bonds. The Morgan fingerprint density at radius 2 is 1.85 bits per heavy atom. The first-order valence-corrected chi connectivity index (χ1v) is 13.0. The van der Waals surface area contributed by atoms with Crippen LogP contribution in [-0.2, 0) is 11.8 Å². The average molecular weight is 443 g/mol. The van der Waals surface area contributed by atoms with E-state index in [1.807, 2.05) is 4.52 Å². The largest absolute Gasteiger partial charge is 0.393 e. The summed E-state index contributed by atoms with van der Waals surface area (Å²) in [6.45, 7) is 5.06. The molecule has 1 aromatic carbocycles. The summed E-state index contributed by atoms with van der Waals surface area (Å²) >= 11 is 0. The van der Waals surface area contributed by atoms with Crippen LogP contribution in [0.25, 0.3) is 17.0 Å². The molecule has 5 nitrogen and oxygen atoms in total. The monoisotopic (exact) mass is 442 g/mol. The lowest BCUT2D eigenvalue weighted by Gasteiger charge is -2.60. The van der Waals surface area contributed by atoms with Gasteiger partial charge in [0.2, 0.25) is 0 Å². The number of aromatic nitrogens is 4. The quantitative estimate of drug-likeness (QED) is 0.562. The van der Waals surface area contributed by atoms with E-state index in [9.17, 15) is 5.11 Å². The second-order valence-electron chi connectivity index (χ2n) is 11.9. The third-order valence-corrected chi connectivity index (χ3v) is 10.6. The van der Waals surface area contributed by atoms with Gasteiger partial charge < -0.3 is 5.11 Å². The van der Waals surface area contributed by atoms with Gasteiger partial charge in [0.15, 0.2) is 0 Å². The Hall–Kier alpha value is -2.27. The first-order chi connectivity index (χ1) is 16.0. The molecule has 0 bridgehead atoms. The molecule has 4 aliphatic carbocycles. The number of fused-ring (bicyclic) bond motifs is 8. The van der Waals surface area contributed by atoms with E-state index in [-0.39, 0.29) is 11.5 Å². The third-order valence-electron chi connectivity index (χ3n) is 10.6. The molecule has 0 aliphatic heterocycles. The molecular formula is C28H34N4O. The van der Waals surface area contributed by atoms with E-state index in [4.69, 9.17) is 4.98 Å². The molecule has 0 saturated heterocycles. The van der Waals surface area contributed by atoms with E-state index in [2.05, 4.69) is 54.3 Å². The molecule has 3 saturated carbocycles. The minimum atomic E-state index is -0.0782. The standard InChI is InChI=1S/C28H34N4O/c1-27-12-10-19(33)14-18(27)8-9-20-22(27)11-13-28(2)23(20)15-21-24(17-6-4-3-5-7-17)32-26(29-16-30-32)31-25(21)28/h3-7,16,18-20,22-23,33H,8-15H2,1-2H3/t18?,19-,20?,22?,23?,27-,28-/m0/s1. The van der Waals surface area contributed by atoms with Crippen LogP contribution in [0.2, 0.25) is 0 Å². The molecule has 2 aromatic heterocycles. The lowest BCUT2D eigenvalue weighted by Crippen LogP contribution is -2.54. The molecule has 33 heavy (non-hydrogen) atoms. The highest BCUT2D eigenvalue weighted by atomic mass is 16.3. The molecule has 0 radical (unpaired) electrons. The summed E-state index contributed by atoms with van der Waals surface area (Å²) in [4.78, 5) is 9.68. The minimum absolute atomic E-state index is 0.0782. The fourth-order valence-electron chi connectivity index (χ4n) is 8.88. The molecular weight excluding hydrogens is 408 g/mol. The van der Waals surface area contributed by atoms with Crippen molar-refractivity contribution < 1.29 is 5.11 Å². The Balaban J connectivity index is 1.34. The molecule has 1 N–H and O–H groups in total. The van der Waals surface area contributed by atoms with Gasteiger partial charge in [-0.25, -0.2) is 4.98 Å². The van der Waals surface area contributed by atoms with Crippen molar-refractivity contribution in [3.05, 3.63) is 47.9 Å². The van der Waals surface area contributed by atoms with Crippen LogP contribution in [0.5, 0.6) is 0 Å². The second-order valence-corrected chi connectivity index (χ2v) is 11.9. The van der Waals surface area contributed by atoms with E-state index in [0.717, 1.165) is 36.9 Å². The van der Waals surface area contributed by atoms with Crippen LogP contribution < -0.4 is 0 Å². The number of hydrogen-bond donors (Lipinski definition) is 1. The highest BCUT2D eigenvalue weighted by Gasteiger charge is 2.60. The highest BCUT2D eigenvalue weighted by molar-refractivity contribution is 5.68. The molecule has 7 atom stereocenters. The Morgan fingerprint density at radius 1 is 1.00 bits per heavy atom. The van der Waals surface area contributed by atoms with Gasteiger partial charge in [-0.05, 0) is 80.5 Å². The fourth-order valence-corrected chi connectivity index (χ4v) is 8.88. The predicted octanol–water partition coefficient (Wildman–Crippen LogP) is 5.21. The fraction of sp³-hybridized carbons (Fsp3) is 0.607. The number of benzene rings is 1. The Morgan fingerprint density at radius 3 is 2.70 bits per heavy atom. The zero-order chi connectivity index (χ0) is 22.4. The number of nitrogens with zero attached hydrogens (tertiary/aromatic N) is 4. The molecule has 2 heterocycles. The van der Waals surface area contributed by atoms with Crippen LogP contribution >= 0.6 is 0 Å². The van der Waals surface area contributed by atoms with Crippen LogP contribution in [0.4, 0.5) is 0 Å². The van der Waals surface area contributed by atoms with E-state index in [1.54, 1.807) is 6.33 Å². The van der Waals surface area contributed by atoms with Gasteiger partial charge in [0.25, 0.3) is 5.78 Å². The lowest BCUT2D eigenvalue weighted by atomic mass is 9.45. The molecule has 4 unspecified atom stereocenters. The van der Waals surface area contributed by atoms with Crippen LogP contribution in [0.1, 0.15) is 70.1 Å². The van der Waals surface area contributed by atoms with Gasteiger partial charge in [-0.15, -0.1) is 0 Å². The zero-order valence-corrected chi connectivity index (χ0v) is 19.7. The van der Waals surface area contributed by atoms with Crippen molar-refractivity contribution in [2.45, 2.75) is 76.7 Å². The van der Waals surface area contributed by atoms with Gasteiger partial charge in [0.1, 0.15) is 6.33 Å². The van der Waals surface area contributed by atoms with Crippen molar-refractivity contribution in [2.75, 3.05) is 0 Å². The molecule has 172 valence electrons. The predicted molar refractivity (Wildman–Crippen MR) is 128 cm³/mol. The van der Waals surface area contributed by atoms with Crippen molar-refractivity contribution >= 4 is 5.78 Å². The number of aliphatic hydroxyl groups is 1. The van der Waals surface area contributed by atoms with Gasteiger partial charge in [0, 0.05) is 16.5 Å². The first kappa shape index (κ1) is 20.1. The molecule has 5 heteroatoms. The number of hydrogen-bond acceptors (Lipinski definition) is 4. The summed E-state index contributed by atoms with van der Waals surface area (Å²) in [6.07, 6.45) is 11.0. The summed E-state index contributed by atoms with van der Waals surface area (Å²) in [5.74, 6) is 3.59. The van der Waals surface area contributed by atoms with E-state index in [0.29, 0.717) is 17.3 Å². The van der Waals surface area contributed by atoms with Crippen LogP contribution in [-0.4, -0.2) is 30.8 Å². The smallest absolute Gasteiger partial charge is 0.252 e. The van der Waals surface area contributed by atoms with Crippen LogP contribution in [0.3, 0.4) is 0 Å². The Bertz CT molecular complexity index is 1220. The molecule has 0 spiro atoms. The first-order valence-electron chi connectivity index (χ1n) is 13.0. The maximum atomic E-state index is 10.4. The second kappa shape index (κ2) is 6.88. The summed E-state index contributed by atoms with van der Waals surface area (Å²) in [6, 6.07) is 10.7. The maximum absolute atomic E-state index is 10.4. The van der Waals surface area contributed by atoms with Crippen molar-refractivity contribution in [1.29, 1.82) is 0 Å². The lowest BCUT2D eigenvalue weighted by molar-refractivity contribution is -0.111. The molecule has 4 aliphatic rings. The third kappa shape index (κ3) is 2.66. The van der Waals surface area contributed by atoms with E-state index in [1.165, 1.54) is 54.6 Å². The minimum Gasteiger partial charge on any atom is -0.393 e. The molecule has 3 fully saturated rings. The van der Waals surface area contributed by atoms with Crippen molar-refractivity contribution in [3.8, 4) is 11.3 Å². The number of aliphatic hydroxyl groups excluding tert-OH is 1. The van der Waals surface area contributed by atoms with Crippen LogP contribution in [0, 0.1) is 29.1 Å². The van der Waals surface area contributed by atoms with Crippen molar-refractivity contribution in [1.82, 2.24) is 19.6 Å². The average Bonchev–Trinajstić information content (AvgIpc) is 3.41. The Labute approximate surface area is 195 Å². The molecule has 7 rings (SSSR count). The summed E-state index contributed by atoms with van der Waals surface area (Å²) in [5, 5.41) is 14.9. The molecule has 3 aromatic rings. The van der Waals surface area contributed by atoms with Crippen molar-refractivity contribution in [3.63, 3.8) is 0 Å². The van der Waals surface area contributed by atoms with Gasteiger partial charge >= 0.3 is 0 Å². The SMILES string of the molecule is C[C@]12CC[C@H](O)CC1CCC1C2CC[C@]2(C)c3nc4ncnn4c(-c4ccccc4)c3CC12. The Kier molecular flexibility index (Phi) is 4.20. The van der Waals surface area contributed by atoms with E-state index < -0.39 is 0 Å². The summed E-state index contributed by atoms with van der Waals surface area (Å²) < 4.78 is 1.97. The topological polar surface area (TPSA) is 63.3 Å². The van der Waals surface area contributed by atoms with Crippen LogP contribution in [0.15, 0.2) is 36.7 Å². The van der Waals surface area contributed by atoms with Gasteiger partial charge in [-0.1, -0.05) is 44.2 Å². The van der Waals surface area contributed by atoms with Gasteiger partial charge in [0.05, 0.1) is 17.5 Å². The zero-order valence-electron chi connectivity index (χ0n) is 19.7. The summed E-state index contributed by atoms with van der Waals surface area (Å²) in [7, 11) is 0. The van der Waals surface area contributed by atoms with Gasteiger partial charge in [-0.3, -0.25) is 0 Å². The van der Waals surface area contributed by atoms with Gasteiger partial charge in [-0.2, -0.15) is 14.6 Å². The summed E-state index contributed by atoms with van der Waals surface area (Å²) in [5.41, 5.74) is 5.61. The number of rotatable bonds is 1. The highest BCUT2D eigenvalue weighted by Crippen LogP contribution is 2.65. The van der Waals surface area contributed by atoms with Crippen molar-refractivity contribution in [2.24, 2.45) is 29.1 Å². The maximum Gasteiger partial charge on any atom is 0.252 e. The van der Waals surface area contributed by atoms with E-state index >= 15 is 0 Å². The normalized spacial score (nSPS) is 39.5.